The molecule has 0 spiro atoms. The molecule has 0 amide bonds. The van der Waals surface area contributed by atoms with Crippen LogP contribution >= 0.6 is 0 Å². The first-order valence-corrected chi connectivity index (χ1v) is 7.67. The van der Waals surface area contributed by atoms with Crippen molar-refractivity contribution in [3.8, 4) is 11.3 Å². The normalized spacial score (nSPS) is 14.5. The lowest BCUT2D eigenvalue weighted by atomic mass is 10.1. The number of aromatic nitrogens is 3. The fourth-order valence-electron chi connectivity index (χ4n) is 2.24. The molecule has 0 aliphatic heterocycles. The standard InChI is InChI=1S/C16H22N4O/c1-2-5-14(6-3-1)16-15(18-20-19-16)11-17-9-4-10-21-12-13-7-8-13/h1-3,5-6,13,17H,4,7-12H2,(H,18,19,20). The van der Waals surface area contributed by atoms with Crippen LogP contribution in [0.25, 0.3) is 11.3 Å². The smallest absolute Gasteiger partial charge is 0.117 e. The molecule has 0 radical (unpaired) electrons. The Balaban J connectivity index is 1.38. The van der Waals surface area contributed by atoms with Gasteiger partial charge in [-0.25, -0.2) is 0 Å². The second kappa shape index (κ2) is 7.33. The Bertz CT molecular complexity index is 536. The first kappa shape index (κ1) is 14.2. The summed E-state index contributed by atoms with van der Waals surface area (Å²) in [7, 11) is 0. The van der Waals surface area contributed by atoms with E-state index in [1.54, 1.807) is 0 Å². The molecule has 1 aliphatic rings. The summed E-state index contributed by atoms with van der Waals surface area (Å²) < 4.78 is 5.61. The molecule has 5 heteroatoms. The van der Waals surface area contributed by atoms with E-state index in [0.29, 0.717) is 0 Å². The van der Waals surface area contributed by atoms with E-state index in [1.165, 1.54) is 12.8 Å². The van der Waals surface area contributed by atoms with E-state index in [2.05, 4.69) is 20.7 Å². The van der Waals surface area contributed by atoms with Gasteiger partial charge in [0.15, 0.2) is 0 Å². The highest BCUT2D eigenvalue weighted by atomic mass is 16.5. The third-order valence-electron chi connectivity index (χ3n) is 3.65. The summed E-state index contributed by atoms with van der Waals surface area (Å²) in [6, 6.07) is 10.1. The second-order valence-electron chi connectivity index (χ2n) is 5.53. The largest absolute Gasteiger partial charge is 0.381 e. The van der Waals surface area contributed by atoms with Gasteiger partial charge >= 0.3 is 0 Å². The van der Waals surface area contributed by atoms with E-state index in [-0.39, 0.29) is 0 Å². The molecule has 2 N–H and O–H groups in total. The summed E-state index contributed by atoms with van der Waals surface area (Å²) in [5.41, 5.74) is 2.98. The summed E-state index contributed by atoms with van der Waals surface area (Å²) >= 11 is 0. The summed E-state index contributed by atoms with van der Waals surface area (Å²) in [6.07, 6.45) is 3.74. The number of rotatable bonds is 9. The van der Waals surface area contributed by atoms with Crippen molar-refractivity contribution in [1.29, 1.82) is 0 Å². The molecule has 1 aliphatic carbocycles. The molecule has 1 fully saturated rings. The average Bonchev–Trinajstić information content (AvgIpc) is 3.23. The Morgan fingerprint density at radius 2 is 2.05 bits per heavy atom. The van der Waals surface area contributed by atoms with Gasteiger partial charge in [0.25, 0.3) is 0 Å². The van der Waals surface area contributed by atoms with Gasteiger partial charge in [0.05, 0.1) is 0 Å². The van der Waals surface area contributed by atoms with Gasteiger partial charge in [0.2, 0.25) is 0 Å². The molecule has 3 rings (SSSR count). The summed E-state index contributed by atoms with van der Waals surface area (Å²) in [4.78, 5) is 0. The monoisotopic (exact) mass is 286 g/mol. The Hall–Kier alpha value is -1.72. The average molecular weight is 286 g/mol. The Labute approximate surface area is 125 Å². The molecule has 1 aromatic heterocycles. The van der Waals surface area contributed by atoms with Crippen molar-refractivity contribution in [2.75, 3.05) is 19.8 Å². The van der Waals surface area contributed by atoms with Crippen molar-refractivity contribution in [1.82, 2.24) is 20.7 Å². The van der Waals surface area contributed by atoms with Crippen molar-refractivity contribution < 1.29 is 4.74 Å². The van der Waals surface area contributed by atoms with Crippen molar-refractivity contribution in [3.05, 3.63) is 36.0 Å². The van der Waals surface area contributed by atoms with Gasteiger partial charge in [-0.15, -0.1) is 0 Å². The van der Waals surface area contributed by atoms with Crippen molar-refractivity contribution in [3.63, 3.8) is 0 Å². The Morgan fingerprint density at radius 3 is 2.86 bits per heavy atom. The van der Waals surface area contributed by atoms with Crippen LogP contribution in [0.5, 0.6) is 0 Å². The summed E-state index contributed by atoms with van der Waals surface area (Å²) in [5.74, 6) is 0.849. The van der Waals surface area contributed by atoms with Gasteiger partial charge in [0, 0.05) is 25.3 Å². The molecule has 0 unspecified atom stereocenters. The SMILES string of the molecule is c1ccc(-c2n[nH]nc2CNCCCOCC2CC2)cc1. The minimum atomic E-state index is 0.726. The molecule has 2 aromatic rings. The van der Waals surface area contributed by atoms with Crippen LogP contribution in [0.2, 0.25) is 0 Å². The van der Waals surface area contributed by atoms with Crippen LogP contribution < -0.4 is 5.32 Å². The van der Waals surface area contributed by atoms with E-state index in [9.17, 15) is 0 Å². The Kier molecular flexibility index (Phi) is 4.97. The van der Waals surface area contributed by atoms with Gasteiger partial charge in [-0.3, -0.25) is 0 Å². The predicted molar refractivity (Wildman–Crippen MR) is 81.7 cm³/mol. The number of aromatic amines is 1. The minimum absolute atomic E-state index is 0.726. The maximum Gasteiger partial charge on any atom is 0.117 e. The van der Waals surface area contributed by atoms with Crippen molar-refractivity contribution in [2.24, 2.45) is 5.92 Å². The molecule has 1 saturated carbocycles. The molecule has 0 atom stereocenters. The lowest BCUT2D eigenvalue weighted by Crippen LogP contribution is -2.17. The summed E-state index contributed by atoms with van der Waals surface area (Å²) in [5, 5.41) is 14.6. The van der Waals surface area contributed by atoms with E-state index >= 15 is 0 Å². The molecule has 112 valence electrons. The van der Waals surface area contributed by atoms with E-state index < -0.39 is 0 Å². The summed E-state index contributed by atoms with van der Waals surface area (Å²) in [6.45, 7) is 3.45. The minimum Gasteiger partial charge on any atom is -0.381 e. The zero-order valence-electron chi connectivity index (χ0n) is 12.2. The zero-order chi connectivity index (χ0) is 14.3. The molecule has 5 nitrogen and oxygen atoms in total. The van der Waals surface area contributed by atoms with Crippen molar-refractivity contribution >= 4 is 0 Å². The first-order valence-electron chi connectivity index (χ1n) is 7.67. The van der Waals surface area contributed by atoms with Gasteiger partial charge < -0.3 is 10.1 Å². The van der Waals surface area contributed by atoms with Crippen LogP contribution in [0.3, 0.4) is 0 Å². The van der Waals surface area contributed by atoms with Gasteiger partial charge in [-0.05, 0) is 31.7 Å². The van der Waals surface area contributed by atoms with Crippen LogP contribution in [0.1, 0.15) is 25.0 Å². The molecule has 1 heterocycles. The quantitative estimate of drug-likeness (QED) is 0.695. The number of ether oxygens (including phenoxy) is 1. The highest BCUT2D eigenvalue weighted by molar-refractivity contribution is 5.60. The fraction of sp³-hybridized carbons (Fsp3) is 0.500. The van der Waals surface area contributed by atoms with Gasteiger partial charge in [-0.2, -0.15) is 15.4 Å². The zero-order valence-corrected chi connectivity index (χ0v) is 12.2. The Morgan fingerprint density at radius 1 is 1.19 bits per heavy atom. The highest BCUT2D eigenvalue weighted by Gasteiger charge is 2.20. The van der Waals surface area contributed by atoms with Crippen LogP contribution in [0.15, 0.2) is 30.3 Å². The maximum absolute atomic E-state index is 5.61. The van der Waals surface area contributed by atoms with Crippen LogP contribution in [-0.2, 0) is 11.3 Å². The molecule has 21 heavy (non-hydrogen) atoms. The second-order valence-corrected chi connectivity index (χ2v) is 5.53. The number of hydrogen-bond donors (Lipinski definition) is 2. The number of H-pyrrole nitrogens is 1. The van der Waals surface area contributed by atoms with Gasteiger partial charge in [0.1, 0.15) is 11.4 Å². The lowest BCUT2D eigenvalue weighted by molar-refractivity contribution is 0.122. The van der Waals surface area contributed by atoms with Gasteiger partial charge in [-0.1, -0.05) is 30.3 Å². The van der Waals surface area contributed by atoms with E-state index in [1.807, 2.05) is 30.3 Å². The third-order valence-corrected chi connectivity index (χ3v) is 3.65. The predicted octanol–water partition coefficient (Wildman–Crippen LogP) is 2.38. The van der Waals surface area contributed by atoms with E-state index in [4.69, 9.17) is 4.74 Å². The number of benzene rings is 1. The van der Waals surface area contributed by atoms with Crippen LogP contribution in [0.4, 0.5) is 0 Å². The molecule has 0 bridgehead atoms. The fourth-order valence-corrected chi connectivity index (χ4v) is 2.24. The topological polar surface area (TPSA) is 62.8 Å². The molecular formula is C16H22N4O. The lowest BCUT2D eigenvalue weighted by Gasteiger charge is -2.05. The maximum atomic E-state index is 5.61. The van der Waals surface area contributed by atoms with Crippen LogP contribution in [-0.4, -0.2) is 35.2 Å². The molecule has 0 saturated heterocycles. The van der Waals surface area contributed by atoms with Crippen molar-refractivity contribution in [2.45, 2.75) is 25.8 Å². The van der Waals surface area contributed by atoms with E-state index in [0.717, 1.165) is 55.6 Å². The number of nitrogens with one attached hydrogen (secondary N) is 2. The first-order chi connectivity index (χ1) is 10.4. The third kappa shape index (κ3) is 4.37. The number of hydrogen-bond acceptors (Lipinski definition) is 4. The van der Waals surface area contributed by atoms with Crippen LogP contribution in [0, 0.1) is 5.92 Å². The molecular weight excluding hydrogens is 264 g/mol. The number of nitrogens with zero attached hydrogens (tertiary/aromatic N) is 2. The molecule has 1 aromatic carbocycles. The highest BCUT2D eigenvalue weighted by Crippen LogP contribution is 2.28.